The highest BCUT2D eigenvalue weighted by Gasteiger charge is 2.71. The van der Waals surface area contributed by atoms with Gasteiger partial charge < -0.3 is 10.6 Å². The summed E-state index contributed by atoms with van der Waals surface area (Å²) >= 11 is 0. The zero-order valence-corrected chi connectivity index (χ0v) is 28.4. The average molecular weight is 583 g/mol. The molecule has 0 amide bonds. The van der Waals surface area contributed by atoms with Crippen LogP contribution < -0.4 is 5.73 Å². The molecular weight excluding hydrogens is 520 g/mol. The van der Waals surface area contributed by atoms with E-state index in [-0.39, 0.29) is 46.1 Å². The van der Waals surface area contributed by atoms with Gasteiger partial charge in [0.15, 0.2) is 0 Å². The van der Waals surface area contributed by atoms with Crippen LogP contribution in [0.25, 0.3) is 0 Å². The molecule has 0 saturated heterocycles. The van der Waals surface area contributed by atoms with Crippen LogP contribution in [0.3, 0.4) is 0 Å². The van der Waals surface area contributed by atoms with Crippen molar-refractivity contribution in [2.24, 2.45) is 81.2 Å². The second kappa shape index (κ2) is 11.4. The molecule has 0 bridgehead atoms. The van der Waals surface area contributed by atoms with Crippen molar-refractivity contribution in [1.82, 2.24) is 4.90 Å². The molecule has 0 aliphatic heterocycles. The Balaban J connectivity index is 1.43. The third-order valence-electron chi connectivity index (χ3n) is 14.8. The number of ketones is 3. The van der Waals surface area contributed by atoms with E-state index in [0.29, 0.717) is 35.5 Å². The zero-order chi connectivity index (χ0) is 30.9. The molecule has 0 heterocycles. The van der Waals surface area contributed by atoms with Crippen LogP contribution >= 0.6 is 0 Å². The van der Waals surface area contributed by atoms with Crippen molar-refractivity contribution in [2.45, 2.75) is 119 Å². The minimum absolute atomic E-state index is 0.000397. The van der Waals surface area contributed by atoms with Crippen molar-refractivity contribution < 1.29 is 14.4 Å². The van der Waals surface area contributed by atoms with Gasteiger partial charge in [-0.2, -0.15) is 0 Å². The molecule has 12 atom stereocenters. The third-order valence-corrected chi connectivity index (χ3v) is 14.8. The summed E-state index contributed by atoms with van der Waals surface area (Å²) in [5.74, 6) is 2.84. The number of hydrogen-bond acceptors (Lipinski definition) is 5. The lowest BCUT2D eigenvalue weighted by atomic mass is 9.34. The second-order valence-electron chi connectivity index (χ2n) is 17.4. The van der Waals surface area contributed by atoms with Crippen LogP contribution in [0.5, 0.6) is 0 Å². The Morgan fingerprint density at radius 1 is 0.952 bits per heavy atom. The number of fused-ring (bicyclic) bond motifs is 3. The minimum atomic E-state index is -0.650. The Kier molecular flexibility index (Phi) is 8.76. The molecule has 0 spiro atoms. The van der Waals surface area contributed by atoms with Gasteiger partial charge in [-0.25, -0.2) is 0 Å². The molecule has 5 aliphatic carbocycles. The number of Topliss-reactive ketones (excluding diaryl/α,β-unsaturated/α-hetero) is 3. The molecule has 0 aromatic heterocycles. The topological polar surface area (TPSA) is 80.5 Å². The van der Waals surface area contributed by atoms with Gasteiger partial charge in [0.05, 0.1) is 5.92 Å². The van der Waals surface area contributed by atoms with Gasteiger partial charge >= 0.3 is 0 Å². The van der Waals surface area contributed by atoms with E-state index in [1.54, 1.807) is 6.92 Å². The fourth-order valence-corrected chi connectivity index (χ4v) is 12.5. The summed E-state index contributed by atoms with van der Waals surface area (Å²) in [6.07, 6.45) is 11.8. The SMILES string of the molecule is CC(=O)C1C(=O)C2(C)C(C)C3C(=O)C4C(C)C(CCC5CCC(CN)CC5)CC(N(C)C)C4CC3(C)CC2(C)CC1C. The van der Waals surface area contributed by atoms with Crippen molar-refractivity contribution in [3.05, 3.63) is 0 Å². The third kappa shape index (κ3) is 4.90. The molecule has 5 aliphatic rings. The summed E-state index contributed by atoms with van der Waals surface area (Å²) < 4.78 is 0. The van der Waals surface area contributed by atoms with Gasteiger partial charge in [-0.1, -0.05) is 60.8 Å². The summed E-state index contributed by atoms with van der Waals surface area (Å²) in [6.45, 7) is 16.0. The number of nitrogens with two attached hydrogens (primary N) is 1. The van der Waals surface area contributed by atoms with Gasteiger partial charge in [0, 0.05) is 23.3 Å². The first kappa shape index (κ1) is 32.3. The molecule has 5 rings (SSSR count). The van der Waals surface area contributed by atoms with Crippen molar-refractivity contribution in [3.8, 4) is 0 Å². The van der Waals surface area contributed by atoms with E-state index in [0.717, 1.165) is 31.7 Å². The smallest absolute Gasteiger partial charge is 0.150 e. The van der Waals surface area contributed by atoms with Crippen molar-refractivity contribution in [1.29, 1.82) is 0 Å². The number of nitrogens with zero attached hydrogens (tertiary/aromatic N) is 1. The molecule has 0 aromatic carbocycles. The van der Waals surface area contributed by atoms with Crippen molar-refractivity contribution in [3.63, 3.8) is 0 Å². The average Bonchev–Trinajstić information content (AvgIpc) is 2.90. The van der Waals surface area contributed by atoms with Crippen LogP contribution in [0.1, 0.15) is 113 Å². The summed E-state index contributed by atoms with van der Waals surface area (Å²) in [7, 11) is 4.46. The summed E-state index contributed by atoms with van der Waals surface area (Å²) in [5, 5.41) is 0. The Morgan fingerprint density at radius 2 is 1.57 bits per heavy atom. The van der Waals surface area contributed by atoms with E-state index >= 15 is 4.79 Å². The van der Waals surface area contributed by atoms with E-state index in [4.69, 9.17) is 5.73 Å². The van der Waals surface area contributed by atoms with Gasteiger partial charge in [-0.3, -0.25) is 14.4 Å². The number of rotatable bonds is 6. The Labute approximate surface area is 256 Å². The van der Waals surface area contributed by atoms with Gasteiger partial charge in [-0.05, 0) is 125 Å². The van der Waals surface area contributed by atoms with Gasteiger partial charge in [0.1, 0.15) is 17.3 Å². The first-order valence-corrected chi connectivity index (χ1v) is 17.5. The van der Waals surface area contributed by atoms with Crippen LogP contribution in [0.4, 0.5) is 0 Å². The van der Waals surface area contributed by atoms with Crippen LogP contribution in [0, 0.1) is 75.4 Å². The summed E-state index contributed by atoms with van der Waals surface area (Å²) in [5.41, 5.74) is 4.99. The molecule has 5 fully saturated rings. The lowest BCUT2D eigenvalue weighted by molar-refractivity contribution is -0.204. The van der Waals surface area contributed by atoms with Crippen molar-refractivity contribution >= 4 is 17.3 Å². The first-order valence-electron chi connectivity index (χ1n) is 17.5. The lowest BCUT2D eigenvalue weighted by Crippen LogP contribution is -2.69. The van der Waals surface area contributed by atoms with E-state index in [1.807, 2.05) is 0 Å². The minimum Gasteiger partial charge on any atom is -0.330 e. The molecule has 238 valence electrons. The van der Waals surface area contributed by atoms with E-state index in [9.17, 15) is 9.59 Å². The predicted molar refractivity (Wildman–Crippen MR) is 170 cm³/mol. The molecule has 42 heavy (non-hydrogen) atoms. The fraction of sp³-hybridized carbons (Fsp3) is 0.919. The molecule has 5 nitrogen and oxygen atoms in total. The Bertz CT molecular complexity index is 1060. The highest BCUT2D eigenvalue weighted by atomic mass is 16.2. The monoisotopic (exact) mass is 582 g/mol. The maximum atomic E-state index is 15.0. The standard InChI is InChI=1S/C37H62N2O3/c1-21-17-36(6)20-35(5)18-28-29(39(8)9)16-27(15-14-25-10-12-26(19-38)13-11-25)22(2)31(28)33(41)32(35)23(3)37(36,7)34(42)30(21)24(4)40/h21-23,25-32H,10-20,38H2,1-9H3. The highest BCUT2D eigenvalue weighted by Crippen LogP contribution is 2.71. The van der Waals surface area contributed by atoms with E-state index in [1.165, 1.54) is 44.9 Å². The normalized spacial score (nSPS) is 51.1. The largest absolute Gasteiger partial charge is 0.330 e. The molecule has 12 unspecified atom stereocenters. The molecule has 5 saturated carbocycles. The molecule has 0 aromatic rings. The van der Waals surface area contributed by atoms with Crippen molar-refractivity contribution in [2.75, 3.05) is 20.6 Å². The fourth-order valence-electron chi connectivity index (χ4n) is 12.5. The highest BCUT2D eigenvalue weighted by molar-refractivity contribution is 6.05. The van der Waals surface area contributed by atoms with E-state index in [2.05, 4.69) is 60.5 Å². The number of carbonyl (C=O) groups excluding carboxylic acids is 3. The lowest BCUT2D eigenvalue weighted by Gasteiger charge is -2.68. The molecule has 2 N–H and O–H groups in total. The van der Waals surface area contributed by atoms with Gasteiger partial charge in [0.25, 0.3) is 0 Å². The Morgan fingerprint density at radius 3 is 2.14 bits per heavy atom. The Hall–Kier alpha value is -1.07. The maximum Gasteiger partial charge on any atom is 0.150 e. The molecule has 0 radical (unpaired) electrons. The quantitative estimate of drug-likeness (QED) is 0.348. The molecular formula is C37H62N2O3. The summed E-state index contributed by atoms with van der Waals surface area (Å²) in [4.78, 5) is 44.5. The van der Waals surface area contributed by atoms with Crippen LogP contribution in [-0.4, -0.2) is 48.9 Å². The number of hydrogen-bond donors (Lipinski definition) is 1. The van der Waals surface area contributed by atoms with Crippen LogP contribution in [-0.2, 0) is 14.4 Å². The number of carbonyl (C=O) groups is 3. The van der Waals surface area contributed by atoms with E-state index < -0.39 is 11.3 Å². The molecule has 5 heteroatoms. The first-order chi connectivity index (χ1) is 19.6. The van der Waals surface area contributed by atoms with Crippen LogP contribution in [0.15, 0.2) is 0 Å². The predicted octanol–water partition coefficient (Wildman–Crippen LogP) is 6.81. The van der Waals surface area contributed by atoms with Gasteiger partial charge in [-0.15, -0.1) is 0 Å². The van der Waals surface area contributed by atoms with Crippen LogP contribution in [0.2, 0.25) is 0 Å². The summed E-state index contributed by atoms with van der Waals surface area (Å²) in [6, 6.07) is 0.427. The van der Waals surface area contributed by atoms with Gasteiger partial charge in [0.2, 0.25) is 0 Å². The second-order valence-corrected chi connectivity index (χ2v) is 17.4. The maximum absolute atomic E-state index is 15.0. The zero-order valence-electron chi connectivity index (χ0n) is 28.4.